The summed E-state index contributed by atoms with van der Waals surface area (Å²) in [7, 11) is 1.61. The zero-order valence-corrected chi connectivity index (χ0v) is 13.9. The van der Waals surface area contributed by atoms with Crippen molar-refractivity contribution in [2.45, 2.75) is 12.5 Å². The summed E-state index contributed by atoms with van der Waals surface area (Å²) in [6, 6.07) is 17.0. The van der Waals surface area contributed by atoms with Gasteiger partial charge in [-0.15, -0.1) is 0 Å². The lowest BCUT2D eigenvalue weighted by molar-refractivity contribution is -0.120. The molecule has 3 N–H and O–H groups in total. The van der Waals surface area contributed by atoms with E-state index in [1.807, 2.05) is 54.6 Å². The maximum absolute atomic E-state index is 11.9. The molecule has 1 atom stereocenters. The van der Waals surface area contributed by atoms with E-state index in [9.17, 15) is 9.90 Å². The first-order valence-electron chi connectivity index (χ1n) is 8.02. The Labute approximate surface area is 142 Å². The molecule has 5 heteroatoms. The van der Waals surface area contributed by atoms with Crippen molar-refractivity contribution in [3.05, 3.63) is 65.7 Å². The fourth-order valence-corrected chi connectivity index (χ4v) is 2.31. The second-order valence-corrected chi connectivity index (χ2v) is 5.51. The fraction of sp³-hybridized carbons (Fsp3) is 0.316. The van der Waals surface area contributed by atoms with Gasteiger partial charge in [-0.25, -0.2) is 0 Å². The number of amides is 1. The van der Waals surface area contributed by atoms with Crippen molar-refractivity contribution in [1.29, 1.82) is 0 Å². The summed E-state index contributed by atoms with van der Waals surface area (Å²) in [4.78, 5) is 11.9. The Morgan fingerprint density at radius 3 is 2.46 bits per heavy atom. The Balaban J connectivity index is 1.60. The summed E-state index contributed by atoms with van der Waals surface area (Å²) >= 11 is 0. The Kier molecular flexibility index (Phi) is 7.26. The predicted octanol–water partition coefficient (Wildman–Crippen LogP) is 1.68. The lowest BCUT2D eigenvalue weighted by Crippen LogP contribution is -2.34. The first kappa shape index (κ1) is 18.0. The summed E-state index contributed by atoms with van der Waals surface area (Å²) in [5.41, 5.74) is 1.83. The topological polar surface area (TPSA) is 70.6 Å². The van der Waals surface area contributed by atoms with Crippen LogP contribution in [0.2, 0.25) is 0 Å². The van der Waals surface area contributed by atoms with E-state index in [1.54, 1.807) is 7.11 Å². The second kappa shape index (κ2) is 9.70. The van der Waals surface area contributed by atoms with Gasteiger partial charge in [0.15, 0.2) is 0 Å². The molecule has 5 nitrogen and oxygen atoms in total. The van der Waals surface area contributed by atoms with Gasteiger partial charge in [0.1, 0.15) is 5.75 Å². The van der Waals surface area contributed by atoms with E-state index in [2.05, 4.69) is 10.6 Å². The molecule has 0 radical (unpaired) electrons. The first-order valence-corrected chi connectivity index (χ1v) is 8.02. The number of benzene rings is 2. The van der Waals surface area contributed by atoms with Crippen molar-refractivity contribution in [3.8, 4) is 5.75 Å². The average molecular weight is 328 g/mol. The van der Waals surface area contributed by atoms with E-state index >= 15 is 0 Å². The van der Waals surface area contributed by atoms with E-state index < -0.39 is 6.10 Å². The Morgan fingerprint density at radius 2 is 1.79 bits per heavy atom. The van der Waals surface area contributed by atoms with Crippen molar-refractivity contribution >= 4 is 5.91 Å². The maximum Gasteiger partial charge on any atom is 0.224 e. The molecule has 2 aromatic carbocycles. The van der Waals surface area contributed by atoms with Crippen LogP contribution in [0, 0.1) is 0 Å². The van der Waals surface area contributed by atoms with Crippen LogP contribution in [0.4, 0.5) is 0 Å². The lowest BCUT2D eigenvalue weighted by atomic mass is 10.1. The van der Waals surface area contributed by atoms with Gasteiger partial charge in [0.2, 0.25) is 5.91 Å². The Morgan fingerprint density at radius 1 is 1.08 bits per heavy atom. The van der Waals surface area contributed by atoms with Crippen molar-refractivity contribution in [1.82, 2.24) is 10.6 Å². The van der Waals surface area contributed by atoms with E-state index in [0.717, 1.165) is 16.9 Å². The number of carbonyl (C=O) groups is 1. The highest BCUT2D eigenvalue weighted by Crippen LogP contribution is 2.11. The van der Waals surface area contributed by atoms with Gasteiger partial charge in [-0.3, -0.25) is 4.79 Å². The van der Waals surface area contributed by atoms with Crippen LogP contribution in [0.1, 0.15) is 17.2 Å². The van der Waals surface area contributed by atoms with Crippen molar-refractivity contribution in [2.24, 2.45) is 0 Å². The van der Waals surface area contributed by atoms with Crippen molar-refractivity contribution < 1.29 is 14.6 Å². The molecule has 0 aromatic heterocycles. The molecule has 2 aromatic rings. The molecule has 0 bridgehead atoms. The van der Waals surface area contributed by atoms with Crippen LogP contribution < -0.4 is 15.4 Å². The molecule has 0 unspecified atom stereocenters. The summed E-state index contributed by atoms with van der Waals surface area (Å²) in [6.07, 6.45) is -0.197. The number of nitrogens with one attached hydrogen (secondary N) is 2. The number of rotatable bonds is 9. The third kappa shape index (κ3) is 6.02. The molecule has 0 aliphatic heterocycles. The summed E-state index contributed by atoms with van der Waals surface area (Å²) in [5, 5.41) is 16.0. The van der Waals surface area contributed by atoms with Gasteiger partial charge in [-0.05, 0) is 23.3 Å². The molecule has 2 rings (SSSR count). The molecule has 0 saturated carbocycles. The third-order valence-electron chi connectivity index (χ3n) is 3.67. The molecule has 0 fully saturated rings. The average Bonchev–Trinajstić information content (AvgIpc) is 2.62. The highest BCUT2D eigenvalue weighted by atomic mass is 16.5. The van der Waals surface area contributed by atoms with E-state index in [-0.39, 0.29) is 5.91 Å². The van der Waals surface area contributed by atoms with Crippen molar-refractivity contribution in [2.75, 3.05) is 26.7 Å². The van der Waals surface area contributed by atoms with Gasteiger partial charge in [0.25, 0.3) is 0 Å². The Hall–Kier alpha value is -2.37. The van der Waals surface area contributed by atoms with Crippen LogP contribution in [-0.4, -0.2) is 37.8 Å². The molecule has 0 aliphatic carbocycles. The zero-order chi connectivity index (χ0) is 17.2. The van der Waals surface area contributed by atoms with E-state index in [4.69, 9.17) is 4.74 Å². The minimum absolute atomic E-state index is 0.0226. The van der Waals surface area contributed by atoms with Crippen molar-refractivity contribution in [3.63, 3.8) is 0 Å². The zero-order valence-electron chi connectivity index (χ0n) is 13.9. The quantitative estimate of drug-likeness (QED) is 0.613. The highest BCUT2D eigenvalue weighted by Gasteiger charge is 2.06. The van der Waals surface area contributed by atoms with Gasteiger partial charge in [-0.1, -0.05) is 42.5 Å². The summed E-state index contributed by atoms with van der Waals surface area (Å²) in [6.45, 7) is 1.59. The van der Waals surface area contributed by atoms with Crippen LogP contribution in [0.3, 0.4) is 0 Å². The number of aliphatic hydroxyl groups excluding tert-OH is 1. The molecule has 0 aliphatic rings. The molecule has 24 heavy (non-hydrogen) atoms. The first-order chi connectivity index (χ1) is 11.7. The lowest BCUT2D eigenvalue weighted by Gasteiger charge is -2.12. The molecule has 0 spiro atoms. The van der Waals surface area contributed by atoms with E-state index in [1.165, 1.54) is 0 Å². The SMILES string of the molecule is COc1ccc(CC(=O)NCCNC[C@H](O)c2ccccc2)cc1. The molecule has 128 valence electrons. The minimum Gasteiger partial charge on any atom is -0.497 e. The number of hydrogen-bond acceptors (Lipinski definition) is 4. The van der Waals surface area contributed by atoms with Gasteiger partial charge in [0, 0.05) is 19.6 Å². The molecule has 0 saturated heterocycles. The standard InChI is InChI=1S/C19H24N2O3/c1-24-17-9-7-15(8-10-17)13-19(23)21-12-11-20-14-18(22)16-5-3-2-4-6-16/h2-10,18,20,22H,11-14H2,1H3,(H,21,23)/t18-/m0/s1. The third-order valence-corrected chi connectivity index (χ3v) is 3.67. The molecular weight excluding hydrogens is 304 g/mol. The number of ether oxygens (including phenoxy) is 1. The largest absolute Gasteiger partial charge is 0.497 e. The predicted molar refractivity (Wildman–Crippen MR) is 94.0 cm³/mol. The normalized spacial score (nSPS) is 11.8. The van der Waals surface area contributed by atoms with Gasteiger partial charge < -0.3 is 20.5 Å². The maximum atomic E-state index is 11.9. The Bertz CT molecular complexity index is 614. The van der Waals surface area contributed by atoms with Gasteiger partial charge in [0.05, 0.1) is 19.6 Å². The van der Waals surface area contributed by atoms with Crippen LogP contribution in [0.15, 0.2) is 54.6 Å². The molecular formula is C19H24N2O3. The summed E-state index contributed by atoms with van der Waals surface area (Å²) < 4.78 is 5.09. The van der Waals surface area contributed by atoms with Crippen LogP contribution >= 0.6 is 0 Å². The minimum atomic E-state index is -0.541. The van der Waals surface area contributed by atoms with E-state index in [0.29, 0.717) is 26.1 Å². The van der Waals surface area contributed by atoms with Crippen LogP contribution in [0.25, 0.3) is 0 Å². The second-order valence-electron chi connectivity index (χ2n) is 5.51. The molecule has 0 heterocycles. The monoisotopic (exact) mass is 328 g/mol. The van der Waals surface area contributed by atoms with Gasteiger partial charge >= 0.3 is 0 Å². The number of hydrogen-bond donors (Lipinski definition) is 3. The fourth-order valence-electron chi connectivity index (χ4n) is 2.31. The van der Waals surface area contributed by atoms with Crippen LogP contribution in [-0.2, 0) is 11.2 Å². The van der Waals surface area contributed by atoms with Gasteiger partial charge in [-0.2, -0.15) is 0 Å². The molecule has 1 amide bonds. The number of methoxy groups -OCH3 is 1. The number of carbonyl (C=O) groups excluding carboxylic acids is 1. The smallest absolute Gasteiger partial charge is 0.224 e. The number of aliphatic hydroxyl groups is 1. The van der Waals surface area contributed by atoms with Crippen LogP contribution in [0.5, 0.6) is 5.75 Å². The summed E-state index contributed by atoms with van der Waals surface area (Å²) in [5.74, 6) is 0.755. The highest BCUT2D eigenvalue weighted by molar-refractivity contribution is 5.78.